The van der Waals surface area contributed by atoms with Gasteiger partial charge in [-0.05, 0) is 46.0 Å². The first-order valence-corrected chi connectivity index (χ1v) is 15.5. The van der Waals surface area contributed by atoms with Crippen LogP contribution in [-0.4, -0.2) is 15.0 Å². The van der Waals surface area contributed by atoms with Gasteiger partial charge >= 0.3 is 0 Å². The third-order valence-corrected chi connectivity index (χ3v) is 8.36. The highest BCUT2D eigenvalue weighted by atomic mass is 16.3. The summed E-state index contributed by atoms with van der Waals surface area (Å²) in [5, 5.41) is 1.51. The molecule has 0 atom stereocenters. The molecule has 7 aromatic carbocycles. The van der Waals surface area contributed by atoms with Crippen LogP contribution < -0.4 is 0 Å². The molecule has 0 aliphatic heterocycles. The van der Waals surface area contributed by atoms with Gasteiger partial charge in [0.15, 0.2) is 17.5 Å². The Balaban J connectivity index is 1.15. The van der Waals surface area contributed by atoms with E-state index in [1.165, 1.54) is 0 Å². The van der Waals surface area contributed by atoms with Crippen molar-refractivity contribution in [3.8, 4) is 67.5 Å². The molecule has 4 heteroatoms. The van der Waals surface area contributed by atoms with E-state index in [4.69, 9.17) is 18.1 Å². The molecular weight excluding hydrogens is 599 g/mol. The molecule has 0 saturated carbocycles. The topological polar surface area (TPSA) is 51.8 Å². The lowest BCUT2D eigenvalue weighted by Gasteiger charge is -2.08. The minimum atomic E-state index is -0.610. The van der Waals surface area contributed by atoms with E-state index in [0.717, 1.165) is 38.8 Å². The number of fused-ring (bicyclic) bond motifs is 3. The number of nitrogens with zero attached hydrogens (tertiary/aromatic N) is 3. The fraction of sp³-hybridized carbons (Fsp3) is 0. The van der Waals surface area contributed by atoms with Crippen molar-refractivity contribution in [1.82, 2.24) is 15.0 Å². The van der Waals surface area contributed by atoms with E-state index >= 15 is 0 Å². The zero-order chi connectivity index (χ0) is 41.3. The SMILES string of the molecule is [2H]c1c([2H])c([2H])c(-c2nc(-c3ccc4oc5c(-c6ccc(-c7ccc(-c8ccccc8)cc7)cc6)cccc5c4c3)nc(-c3c([2H])c([2H])c([2H])c([2H])c3[2H])n2)c([2H])c1[2H]. The van der Waals surface area contributed by atoms with Gasteiger partial charge in [0.05, 0.1) is 13.7 Å². The van der Waals surface area contributed by atoms with Gasteiger partial charge in [-0.15, -0.1) is 0 Å². The Morgan fingerprint density at radius 3 is 1.45 bits per heavy atom. The Bertz CT molecular complexity index is 3010. The molecule has 0 fully saturated rings. The number of rotatable bonds is 6. The lowest BCUT2D eigenvalue weighted by molar-refractivity contribution is 0.670. The maximum atomic E-state index is 8.62. The normalized spacial score (nSPS) is 14.1. The van der Waals surface area contributed by atoms with Crippen LogP contribution in [0.3, 0.4) is 0 Å². The molecule has 0 amide bonds. The fourth-order valence-electron chi connectivity index (χ4n) is 5.95. The summed E-state index contributed by atoms with van der Waals surface area (Å²) in [6.45, 7) is 0. The van der Waals surface area contributed by atoms with Gasteiger partial charge in [-0.25, -0.2) is 15.0 Å². The highest BCUT2D eigenvalue weighted by molar-refractivity contribution is 6.10. The van der Waals surface area contributed by atoms with E-state index < -0.39 is 60.4 Å². The molecular formula is C45H29N3O. The van der Waals surface area contributed by atoms with Crippen molar-refractivity contribution < 1.29 is 18.1 Å². The molecule has 2 aromatic heterocycles. The van der Waals surface area contributed by atoms with Gasteiger partial charge < -0.3 is 4.42 Å². The van der Waals surface area contributed by atoms with Gasteiger partial charge in [-0.3, -0.25) is 0 Å². The minimum Gasteiger partial charge on any atom is -0.455 e. The minimum absolute atomic E-state index is 0.0246. The second kappa shape index (κ2) is 12.2. The standard InChI is InChI=1S/C45H29N3O/c1-4-11-30(12-5-1)31-19-21-32(22-20-31)33-23-25-34(26-24-33)38-17-10-18-39-40-29-37(27-28-41(40)49-42(38)39)45-47-43(35-13-6-2-7-14-35)46-44(48-45)36-15-8-3-9-16-36/h1-29H/i2D,3D,6D,7D,8D,9D,13D,14D,15D,16D. The molecule has 0 spiro atoms. The molecule has 0 aliphatic carbocycles. The van der Waals surface area contributed by atoms with Gasteiger partial charge in [-0.1, -0.05) is 157 Å². The first kappa shape index (κ1) is 19.9. The van der Waals surface area contributed by atoms with Gasteiger partial charge in [-0.2, -0.15) is 0 Å². The average molecular weight is 638 g/mol. The number of benzene rings is 7. The molecule has 49 heavy (non-hydrogen) atoms. The first-order chi connectivity index (χ1) is 28.4. The van der Waals surface area contributed by atoms with Crippen molar-refractivity contribution in [3.05, 3.63) is 176 Å². The summed E-state index contributed by atoms with van der Waals surface area (Å²) >= 11 is 0. The molecule has 9 rings (SSSR count). The van der Waals surface area contributed by atoms with Crippen LogP contribution in [0.4, 0.5) is 0 Å². The molecule has 0 aliphatic rings. The van der Waals surface area contributed by atoms with Crippen LogP contribution in [0.25, 0.3) is 89.5 Å². The average Bonchev–Trinajstić information content (AvgIpc) is 3.65. The Hall–Kier alpha value is -6.65. The lowest BCUT2D eigenvalue weighted by Crippen LogP contribution is -2.00. The molecule has 0 saturated heterocycles. The maximum Gasteiger partial charge on any atom is 0.164 e. The van der Waals surface area contributed by atoms with E-state index in [2.05, 4.69) is 75.6 Å². The molecule has 0 N–H and O–H groups in total. The van der Waals surface area contributed by atoms with Crippen molar-refractivity contribution in [2.24, 2.45) is 0 Å². The summed E-state index contributed by atoms with van der Waals surface area (Å²) in [6.07, 6.45) is 0. The Kier molecular flexibility index (Phi) is 4.94. The van der Waals surface area contributed by atoms with E-state index in [1.807, 2.05) is 36.4 Å². The quantitative estimate of drug-likeness (QED) is 0.182. The van der Waals surface area contributed by atoms with Crippen molar-refractivity contribution in [2.75, 3.05) is 0 Å². The number of furan rings is 1. The number of hydrogen-bond donors (Lipinski definition) is 0. The van der Waals surface area contributed by atoms with Crippen LogP contribution in [0.5, 0.6) is 0 Å². The fourth-order valence-corrected chi connectivity index (χ4v) is 5.95. The largest absolute Gasteiger partial charge is 0.455 e. The van der Waals surface area contributed by atoms with Crippen molar-refractivity contribution in [2.45, 2.75) is 0 Å². The van der Waals surface area contributed by atoms with Gasteiger partial charge in [0, 0.05) is 33.0 Å². The monoisotopic (exact) mass is 637 g/mol. The zero-order valence-electron chi connectivity index (χ0n) is 35.7. The molecule has 4 nitrogen and oxygen atoms in total. The van der Waals surface area contributed by atoms with Crippen LogP contribution in [0.1, 0.15) is 13.7 Å². The van der Waals surface area contributed by atoms with E-state index in [1.54, 1.807) is 18.2 Å². The third-order valence-electron chi connectivity index (χ3n) is 8.36. The summed E-state index contributed by atoms with van der Waals surface area (Å²) < 4.78 is 90.1. The Labute approximate surface area is 298 Å². The van der Waals surface area contributed by atoms with Crippen LogP contribution in [0.2, 0.25) is 0 Å². The Morgan fingerprint density at radius 1 is 0.388 bits per heavy atom. The number of hydrogen-bond acceptors (Lipinski definition) is 4. The second-order valence-electron chi connectivity index (χ2n) is 11.3. The predicted molar refractivity (Wildman–Crippen MR) is 200 cm³/mol. The summed E-state index contributed by atoms with van der Waals surface area (Å²) in [4.78, 5) is 13.5. The molecule has 0 radical (unpaired) electrons. The molecule has 2 heterocycles. The number of para-hydroxylation sites is 1. The molecule has 0 unspecified atom stereocenters. The number of aromatic nitrogens is 3. The maximum absolute atomic E-state index is 8.62. The summed E-state index contributed by atoms with van der Waals surface area (Å²) in [5.41, 5.74) is 7.25. The highest BCUT2D eigenvalue weighted by Crippen LogP contribution is 2.38. The molecule has 0 bridgehead atoms. The summed E-state index contributed by atoms with van der Waals surface area (Å²) in [6, 6.07) is 32.1. The summed E-state index contributed by atoms with van der Waals surface area (Å²) in [5.74, 6) is -0.684. The van der Waals surface area contributed by atoms with Gasteiger partial charge in [0.25, 0.3) is 0 Å². The smallest absolute Gasteiger partial charge is 0.164 e. The van der Waals surface area contributed by atoms with Gasteiger partial charge in [0.1, 0.15) is 11.2 Å². The first-order valence-electron chi connectivity index (χ1n) is 20.5. The molecule has 230 valence electrons. The van der Waals surface area contributed by atoms with Crippen LogP contribution in [0.15, 0.2) is 180 Å². The highest BCUT2D eigenvalue weighted by Gasteiger charge is 2.16. The Morgan fingerprint density at radius 2 is 0.878 bits per heavy atom. The molecule has 9 aromatic rings. The van der Waals surface area contributed by atoms with E-state index in [-0.39, 0.29) is 28.6 Å². The van der Waals surface area contributed by atoms with Crippen molar-refractivity contribution in [3.63, 3.8) is 0 Å². The second-order valence-corrected chi connectivity index (χ2v) is 11.3. The predicted octanol–water partition coefficient (Wildman–Crippen LogP) is 11.8. The van der Waals surface area contributed by atoms with Crippen LogP contribution in [-0.2, 0) is 0 Å². The van der Waals surface area contributed by atoms with Crippen LogP contribution in [0, 0.1) is 0 Å². The van der Waals surface area contributed by atoms with Crippen molar-refractivity contribution in [1.29, 1.82) is 0 Å². The van der Waals surface area contributed by atoms with E-state index in [0.29, 0.717) is 22.1 Å². The van der Waals surface area contributed by atoms with Crippen molar-refractivity contribution >= 4 is 21.9 Å². The lowest BCUT2D eigenvalue weighted by atomic mass is 9.97. The zero-order valence-corrected chi connectivity index (χ0v) is 25.7. The van der Waals surface area contributed by atoms with Crippen LogP contribution >= 0.6 is 0 Å². The third kappa shape index (κ3) is 5.45. The summed E-state index contributed by atoms with van der Waals surface area (Å²) in [7, 11) is 0. The van der Waals surface area contributed by atoms with Gasteiger partial charge in [0.2, 0.25) is 0 Å². The van der Waals surface area contributed by atoms with E-state index in [9.17, 15) is 0 Å².